The lowest BCUT2D eigenvalue weighted by atomic mass is 9.96. The number of hydrogen-bond acceptors (Lipinski definition) is 1. The van der Waals surface area contributed by atoms with Crippen molar-refractivity contribution in [3.8, 4) is 0 Å². The zero-order chi connectivity index (χ0) is 15.6. The van der Waals surface area contributed by atoms with Gasteiger partial charge in [-0.25, -0.2) is 13.2 Å². The van der Waals surface area contributed by atoms with Gasteiger partial charge in [0.2, 0.25) is 0 Å². The van der Waals surface area contributed by atoms with E-state index >= 15 is 0 Å². The molecule has 0 amide bonds. The van der Waals surface area contributed by atoms with Crippen molar-refractivity contribution < 1.29 is 13.2 Å². The average Bonchev–Trinajstić information content (AvgIpc) is 2.45. The van der Waals surface area contributed by atoms with Crippen molar-refractivity contribution in [3.63, 3.8) is 0 Å². The van der Waals surface area contributed by atoms with Crippen LogP contribution in [0.15, 0.2) is 34.8 Å². The molecular weight excluding hydrogens is 343 g/mol. The summed E-state index contributed by atoms with van der Waals surface area (Å²) in [6, 6.07) is 6.34. The van der Waals surface area contributed by atoms with Gasteiger partial charge in [-0.3, -0.25) is 0 Å². The molecule has 0 bridgehead atoms. The molecule has 2 rings (SSSR count). The Bertz CT molecular complexity index is 658. The number of rotatable bonds is 4. The predicted molar refractivity (Wildman–Crippen MR) is 80.7 cm³/mol. The monoisotopic (exact) mass is 357 g/mol. The van der Waals surface area contributed by atoms with E-state index in [9.17, 15) is 13.2 Å². The molecule has 1 N–H and O–H groups in total. The molecule has 0 saturated carbocycles. The van der Waals surface area contributed by atoms with Crippen molar-refractivity contribution in [1.29, 1.82) is 0 Å². The third-order valence-corrected chi connectivity index (χ3v) is 3.92. The van der Waals surface area contributed by atoms with Crippen LogP contribution in [0, 0.1) is 24.4 Å². The normalized spacial score (nSPS) is 12.5. The molecule has 0 fully saturated rings. The molecule has 1 unspecified atom stereocenters. The van der Waals surface area contributed by atoms with E-state index in [2.05, 4.69) is 21.2 Å². The van der Waals surface area contributed by atoms with Crippen LogP contribution in [0.1, 0.15) is 29.7 Å². The Balaban J connectivity index is 2.58. The molecule has 0 spiro atoms. The fourth-order valence-electron chi connectivity index (χ4n) is 2.19. The van der Waals surface area contributed by atoms with Gasteiger partial charge in [0.25, 0.3) is 0 Å². The van der Waals surface area contributed by atoms with Crippen LogP contribution in [0.5, 0.6) is 0 Å². The molecule has 21 heavy (non-hydrogen) atoms. The maximum absolute atomic E-state index is 14.3. The van der Waals surface area contributed by atoms with Crippen LogP contribution < -0.4 is 5.32 Å². The predicted octanol–water partition coefficient (Wildman–Crippen LogP) is 4.87. The summed E-state index contributed by atoms with van der Waals surface area (Å²) >= 11 is 3.05. The van der Waals surface area contributed by atoms with Gasteiger partial charge < -0.3 is 5.32 Å². The first-order chi connectivity index (χ1) is 9.95. The average molecular weight is 358 g/mol. The van der Waals surface area contributed by atoms with E-state index in [-0.39, 0.29) is 10.0 Å². The third kappa shape index (κ3) is 3.30. The molecule has 0 saturated heterocycles. The Kier molecular flexibility index (Phi) is 5.06. The minimum absolute atomic E-state index is 0.116. The van der Waals surface area contributed by atoms with Crippen molar-refractivity contribution in [2.45, 2.75) is 19.9 Å². The summed E-state index contributed by atoms with van der Waals surface area (Å²) in [6.45, 7) is 3.96. The lowest BCUT2D eigenvalue weighted by molar-refractivity contribution is 0.505. The molecule has 0 aliphatic rings. The maximum atomic E-state index is 14.3. The highest BCUT2D eigenvalue weighted by molar-refractivity contribution is 9.10. The summed E-state index contributed by atoms with van der Waals surface area (Å²) in [4.78, 5) is 0. The van der Waals surface area contributed by atoms with Crippen molar-refractivity contribution in [3.05, 3.63) is 68.9 Å². The molecule has 5 heteroatoms. The van der Waals surface area contributed by atoms with Gasteiger partial charge >= 0.3 is 0 Å². The highest BCUT2D eigenvalue weighted by atomic mass is 79.9. The van der Waals surface area contributed by atoms with Gasteiger partial charge in [0, 0.05) is 5.56 Å². The Morgan fingerprint density at radius 3 is 2.43 bits per heavy atom. The van der Waals surface area contributed by atoms with Gasteiger partial charge in [-0.2, -0.15) is 0 Å². The summed E-state index contributed by atoms with van der Waals surface area (Å²) in [5.41, 5.74) is 0.856. The molecule has 0 aliphatic heterocycles. The Morgan fingerprint density at radius 2 is 1.81 bits per heavy atom. The minimum atomic E-state index is -0.748. The standard InChI is InChI=1S/C16H15BrF3N/c1-3-21-16(10-5-4-9(2)13(19)8-10)14-12(18)7-6-11(17)15(14)20/h4-8,16,21H,3H2,1-2H3. The van der Waals surface area contributed by atoms with Crippen LogP contribution in [0.4, 0.5) is 13.2 Å². The van der Waals surface area contributed by atoms with Crippen molar-refractivity contribution in [1.82, 2.24) is 5.32 Å². The van der Waals surface area contributed by atoms with E-state index < -0.39 is 23.5 Å². The van der Waals surface area contributed by atoms with E-state index in [1.165, 1.54) is 18.2 Å². The van der Waals surface area contributed by atoms with Crippen LogP contribution in [0.2, 0.25) is 0 Å². The number of hydrogen-bond donors (Lipinski definition) is 1. The molecule has 1 nitrogen and oxygen atoms in total. The molecule has 0 aromatic heterocycles. The van der Waals surface area contributed by atoms with Crippen LogP contribution in [0.3, 0.4) is 0 Å². The molecule has 0 radical (unpaired) electrons. The summed E-state index contributed by atoms with van der Waals surface area (Å²) in [5, 5.41) is 3.00. The minimum Gasteiger partial charge on any atom is -0.306 e. The van der Waals surface area contributed by atoms with Gasteiger partial charge in [0.05, 0.1) is 10.5 Å². The van der Waals surface area contributed by atoms with Crippen LogP contribution in [-0.4, -0.2) is 6.54 Å². The molecule has 0 aliphatic carbocycles. The summed E-state index contributed by atoms with van der Waals surface area (Å²) in [5.74, 6) is -1.74. The van der Waals surface area contributed by atoms with E-state index in [0.29, 0.717) is 17.7 Å². The van der Waals surface area contributed by atoms with Gasteiger partial charge in [-0.05, 0) is 58.7 Å². The zero-order valence-corrected chi connectivity index (χ0v) is 13.3. The van der Waals surface area contributed by atoms with Crippen molar-refractivity contribution in [2.75, 3.05) is 6.54 Å². The zero-order valence-electron chi connectivity index (χ0n) is 11.7. The number of nitrogens with one attached hydrogen (secondary N) is 1. The quantitative estimate of drug-likeness (QED) is 0.769. The first-order valence-electron chi connectivity index (χ1n) is 6.58. The molecule has 2 aromatic carbocycles. The van der Waals surface area contributed by atoms with Gasteiger partial charge in [0.1, 0.15) is 17.5 Å². The van der Waals surface area contributed by atoms with Crippen molar-refractivity contribution in [2.24, 2.45) is 0 Å². The van der Waals surface area contributed by atoms with Gasteiger partial charge in [0.15, 0.2) is 0 Å². The molecule has 1 atom stereocenters. The highest BCUT2D eigenvalue weighted by Gasteiger charge is 2.23. The Morgan fingerprint density at radius 1 is 1.10 bits per heavy atom. The van der Waals surface area contributed by atoms with E-state index in [1.54, 1.807) is 19.1 Å². The first kappa shape index (κ1) is 16.0. The maximum Gasteiger partial charge on any atom is 0.145 e. The first-order valence-corrected chi connectivity index (χ1v) is 7.37. The number of aryl methyl sites for hydroxylation is 1. The topological polar surface area (TPSA) is 12.0 Å². The molecule has 2 aromatic rings. The smallest absolute Gasteiger partial charge is 0.145 e. The summed E-state index contributed by atoms with van der Waals surface area (Å²) in [6.07, 6.45) is 0. The lowest BCUT2D eigenvalue weighted by Crippen LogP contribution is -2.24. The number of halogens is 4. The second-order valence-corrected chi connectivity index (χ2v) is 5.61. The summed E-state index contributed by atoms with van der Waals surface area (Å²) < 4.78 is 42.3. The molecular formula is C16H15BrF3N. The number of benzene rings is 2. The van der Waals surface area contributed by atoms with E-state index in [0.717, 1.165) is 0 Å². The van der Waals surface area contributed by atoms with Gasteiger partial charge in [-0.15, -0.1) is 0 Å². The largest absolute Gasteiger partial charge is 0.306 e. The second-order valence-electron chi connectivity index (χ2n) is 4.76. The molecule has 112 valence electrons. The van der Waals surface area contributed by atoms with Crippen LogP contribution >= 0.6 is 15.9 Å². The SMILES string of the molecule is CCNC(c1ccc(C)c(F)c1)c1c(F)ccc(Br)c1F. The third-order valence-electron chi connectivity index (χ3n) is 3.31. The van der Waals surface area contributed by atoms with Crippen LogP contribution in [0.25, 0.3) is 0 Å². The lowest BCUT2D eigenvalue weighted by Gasteiger charge is -2.21. The Labute approximate surface area is 130 Å². The summed E-state index contributed by atoms with van der Waals surface area (Å²) in [7, 11) is 0. The fourth-order valence-corrected chi connectivity index (χ4v) is 2.53. The fraction of sp³-hybridized carbons (Fsp3) is 0.250. The van der Waals surface area contributed by atoms with E-state index in [4.69, 9.17) is 0 Å². The van der Waals surface area contributed by atoms with Crippen molar-refractivity contribution >= 4 is 15.9 Å². The Hall–Kier alpha value is -1.33. The second kappa shape index (κ2) is 6.62. The molecule has 0 heterocycles. The van der Waals surface area contributed by atoms with E-state index in [1.807, 2.05) is 6.92 Å². The van der Waals surface area contributed by atoms with Crippen LogP contribution in [-0.2, 0) is 0 Å². The highest BCUT2D eigenvalue weighted by Crippen LogP contribution is 2.31. The van der Waals surface area contributed by atoms with Gasteiger partial charge in [-0.1, -0.05) is 19.1 Å².